The number of nitrogens with one attached hydrogen (secondary N) is 1. The zero-order valence-electron chi connectivity index (χ0n) is 13.1. The minimum Gasteiger partial charge on any atom is -0.370 e. The van der Waals surface area contributed by atoms with Crippen molar-refractivity contribution in [1.29, 1.82) is 5.26 Å². The summed E-state index contributed by atoms with van der Waals surface area (Å²) in [5, 5.41) is 12.1. The summed E-state index contributed by atoms with van der Waals surface area (Å²) in [4.78, 5) is 11.2. The van der Waals surface area contributed by atoms with Gasteiger partial charge in [0, 0.05) is 31.6 Å². The molecule has 0 aromatic carbocycles. The van der Waals surface area contributed by atoms with Gasteiger partial charge in [0.2, 0.25) is 0 Å². The number of nitriles is 1. The van der Waals surface area contributed by atoms with Crippen LogP contribution in [0.15, 0.2) is 6.07 Å². The molecule has 0 aliphatic heterocycles. The first-order chi connectivity index (χ1) is 9.49. The van der Waals surface area contributed by atoms with Crippen molar-refractivity contribution in [3.05, 3.63) is 11.9 Å². The maximum atomic E-state index is 8.82. The molecule has 1 rings (SSSR count). The van der Waals surface area contributed by atoms with E-state index in [4.69, 9.17) is 5.26 Å². The van der Waals surface area contributed by atoms with Crippen molar-refractivity contribution >= 4 is 11.6 Å². The Morgan fingerprint density at radius 2 is 2.05 bits per heavy atom. The van der Waals surface area contributed by atoms with Crippen molar-refractivity contribution < 1.29 is 0 Å². The molecule has 1 aromatic rings. The summed E-state index contributed by atoms with van der Waals surface area (Å²) in [6.07, 6.45) is 1.53. The van der Waals surface area contributed by atoms with Gasteiger partial charge in [0.1, 0.15) is 17.5 Å². The van der Waals surface area contributed by atoms with E-state index in [0.29, 0.717) is 6.42 Å². The predicted molar refractivity (Wildman–Crippen MR) is 83.0 cm³/mol. The molecule has 5 nitrogen and oxygen atoms in total. The first-order valence-corrected chi connectivity index (χ1v) is 7.22. The number of hydrogen-bond donors (Lipinski definition) is 1. The van der Waals surface area contributed by atoms with E-state index in [0.717, 1.165) is 30.4 Å². The Balaban J connectivity index is 3.04. The Bertz CT molecular complexity index is 464. The van der Waals surface area contributed by atoms with Crippen molar-refractivity contribution in [2.45, 2.75) is 52.5 Å². The van der Waals surface area contributed by atoms with E-state index in [1.54, 1.807) is 0 Å². The molecule has 0 fully saturated rings. The predicted octanol–water partition coefficient (Wildman–Crippen LogP) is 3.16. The Morgan fingerprint density at radius 1 is 1.35 bits per heavy atom. The molecule has 0 aliphatic carbocycles. The summed E-state index contributed by atoms with van der Waals surface area (Å²) in [7, 11) is 1.97. The second-order valence-electron chi connectivity index (χ2n) is 5.37. The second kappa shape index (κ2) is 7.68. The van der Waals surface area contributed by atoms with Crippen LogP contribution in [0.25, 0.3) is 0 Å². The molecule has 1 N–H and O–H groups in total. The molecular formula is C15H25N5. The quantitative estimate of drug-likeness (QED) is 0.828. The van der Waals surface area contributed by atoms with Crippen LogP contribution >= 0.6 is 0 Å². The summed E-state index contributed by atoms with van der Waals surface area (Å²) in [6, 6.07) is 4.29. The molecule has 110 valence electrons. The Labute approximate surface area is 122 Å². The lowest BCUT2D eigenvalue weighted by Gasteiger charge is -2.25. The molecule has 0 saturated carbocycles. The lowest BCUT2D eigenvalue weighted by atomic mass is 10.2. The highest BCUT2D eigenvalue weighted by atomic mass is 15.2. The zero-order valence-corrected chi connectivity index (χ0v) is 13.1. The fraction of sp³-hybridized carbons (Fsp3) is 0.667. The van der Waals surface area contributed by atoms with E-state index in [1.165, 1.54) is 0 Å². The van der Waals surface area contributed by atoms with Gasteiger partial charge in [-0.25, -0.2) is 9.97 Å². The maximum absolute atomic E-state index is 8.82. The number of anilines is 2. The van der Waals surface area contributed by atoms with Crippen LogP contribution < -0.4 is 10.2 Å². The van der Waals surface area contributed by atoms with Gasteiger partial charge in [0.05, 0.1) is 12.5 Å². The van der Waals surface area contributed by atoms with Crippen LogP contribution in [0.2, 0.25) is 0 Å². The Kier molecular flexibility index (Phi) is 6.23. The number of nitrogens with zero attached hydrogens (tertiary/aromatic N) is 4. The van der Waals surface area contributed by atoms with E-state index in [9.17, 15) is 0 Å². The maximum Gasteiger partial charge on any atom is 0.135 e. The minimum atomic E-state index is 0.133. The average Bonchev–Trinajstić information content (AvgIpc) is 2.44. The molecule has 0 bridgehead atoms. The topological polar surface area (TPSA) is 64.8 Å². The SMILES string of the molecule is CCCNc1cc(N(C)C(C)CC#N)nc(C(C)C)n1. The van der Waals surface area contributed by atoms with Crippen molar-refractivity contribution in [2.24, 2.45) is 0 Å². The molecular weight excluding hydrogens is 250 g/mol. The molecule has 1 aromatic heterocycles. The van der Waals surface area contributed by atoms with Crippen LogP contribution in [0.5, 0.6) is 0 Å². The van der Waals surface area contributed by atoms with Gasteiger partial charge in [-0.15, -0.1) is 0 Å². The number of hydrogen-bond acceptors (Lipinski definition) is 5. The second-order valence-corrected chi connectivity index (χ2v) is 5.37. The van der Waals surface area contributed by atoms with E-state index >= 15 is 0 Å². The van der Waals surface area contributed by atoms with Gasteiger partial charge in [0.15, 0.2) is 0 Å². The van der Waals surface area contributed by atoms with Gasteiger partial charge in [-0.3, -0.25) is 0 Å². The summed E-state index contributed by atoms with van der Waals surface area (Å²) < 4.78 is 0. The van der Waals surface area contributed by atoms with Gasteiger partial charge >= 0.3 is 0 Å². The molecule has 0 saturated heterocycles. The van der Waals surface area contributed by atoms with Crippen molar-refractivity contribution in [3.8, 4) is 6.07 Å². The first kappa shape index (κ1) is 16.2. The normalized spacial score (nSPS) is 12.1. The summed E-state index contributed by atoms with van der Waals surface area (Å²) >= 11 is 0. The van der Waals surface area contributed by atoms with Crippen molar-refractivity contribution in [1.82, 2.24) is 9.97 Å². The van der Waals surface area contributed by atoms with Crippen LogP contribution in [-0.2, 0) is 0 Å². The standard InChI is InChI=1S/C15H25N5/c1-6-9-17-13-10-14(19-15(18-13)11(2)3)20(5)12(4)7-8-16/h10-12H,6-7,9H2,1-5H3,(H,17,18,19). The minimum absolute atomic E-state index is 0.133. The molecule has 1 atom stereocenters. The third-order valence-corrected chi connectivity index (χ3v) is 3.21. The Hall–Kier alpha value is -1.83. The highest BCUT2D eigenvalue weighted by Crippen LogP contribution is 2.21. The van der Waals surface area contributed by atoms with Crippen molar-refractivity contribution in [3.63, 3.8) is 0 Å². The first-order valence-electron chi connectivity index (χ1n) is 7.22. The third-order valence-electron chi connectivity index (χ3n) is 3.21. The Morgan fingerprint density at radius 3 is 2.60 bits per heavy atom. The molecule has 0 amide bonds. The zero-order chi connectivity index (χ0) is 15.1. The van der Waals surface area contributed by atoms with Gasteiger partial charge in [0.25, 0.3) is 0 Å². The molecule has 1 heterocycles. The molecule has 0 radical (unpaired) electrons. The number of rotatable bonds is 7. The highest BCUT2D eigenvalue weighted by Gasteiger charge is 2.15. The fourth-order valence-electron chi connectivity index (χ4n) is 1.73. The van der Waals surface area contributed by atoms with Gasteiger partial charge in [-0.05, 0) is 13.3 Å². The lowest BCUT2D eigenvalue weighted by Crippen LogP contribution is -2.29. The van der Waals surface area contributed by atoms with Crippen molar-refractivity contribution in [2.75, 3.05) is 23.8 Å². The third kappa shape index (κ3) is 4.37. The van der Waals surface area contributed by atoms with Crippen LogP contribution in [0.1, 0.15) is 52.3 Å². The highest BCUT2D eigenvalue weighted by molar-refractivity contribution is 5.50. The largest absolute Gasteiger partial charge is 0.370 e. The fourth-order valence-corrected chi connectivity index (χ4v) is 1.73. The van der Waals surface area contributed by atoms with Gasteiger partial charge in [-0.1, -0.05) is 20.8 Å². The summed E-state index contributed by atoms with van der Waals surface area (Å²) in [5.74, 6) is 2.83. The lowest BCUT2D eigenvalue weighted by molar-refractivity contribution is 0.682. The van der Waals surface area contributed by atoms with Gasteiger partial charge in [-0.2, -0.15) is 5.26 Å². The summed E-state index contributed by atoms with van der Waals surface area (Å²) in [6.45, 7) is 9.22. The van der Waals surface area contributed by atoms with Crippen LogP contribution in [0, 0.1) is 11.3 Å². The molecule has 1 unspecified atom stereocenters. The van der Waals surface area contributed by atoms with Crippen LogP contribution in [-0.4, -0.2) is 29.6 Å². The molecule has 5 heteroatoms. The van der Waals surface area contributed by atoms with Crippen LogP contribution in [0.3, 0.4) is 0 Å². The smallest absolute Gasteiger partial charge is 0.135 e. The number of aromatic nitrogens is 2. The van der Waals surface area contributed by atoms with Gasteiger partial charge < -0.3 is 10.2 Å². The van der Waals surface area contributed by atoms with E-state index in [2.05, 4.69) is 42.1 Å². The molecule has 0 aliphatic rings. The monoisotopic (exact) mass is 275 g/mol. The average molecular weight is 275 g/mol. The summed E-state index contributed by atoms with van der Waals surface area (Å²) in [5.41, 5.74) is 0. The molecule has 20 heavy (non-hydrogen) atoms. The van der Waals surface area contributed by atoms with E-state index in [-0.39, 0.29) is 12.0 Å². The van der Waals surface area contributed by atoms with E-state index in [1.807, 2.05) is 24.9 Å². The molecule has 0 spiro atoms. The van der Waals surface area contributed by atoms with Crippen LogP contribution in [0.4, 0.5) is 11.6 Å². The van der Waals surface area contributed by atoms with E-state index < -0.39 is 0 Å².